The van der Waals surface area contributed by atoms with E-state index in [9.17, 15) is 5.26 Å². The molecule has 0 saturated heterocycles. The minimum Gasteiger partial charge on any atom is -0.496 e. The Morgan fingerprint density at radius 2 is 1.67 bits per heavy atom. The molecule has 1 atom stereocenters. The Morgan fingerprint density at radius 1 is 1.14 bits per heavy atom. The minimum absolute atomic E-state index is 0.242. The van der Waals surface area contributed by atoms with Crippen LogP contribution in [0.4, 0.5) is 0 Å². The quantitative estimate of drug-likeness (QED) is 0.798. The summed E-state index contributed by atoms with van der Waals surface area (Å²) >= 11 is 0. The van der Waals surface area contributed by atoms with E-state index in [0.29, 0.717) is 30.3 Å². The van der Waals surface area contributed by atoms with Crippen molar-refractivity contribution in [2.75, 3.05) is 20.8 Å². The number of nitrogens with one attached hydrogen (secondary N) is 1. The van der Waals surface area contributed by atoms with Gasteiger partial charge in [-0.3, -0.25) is 5.32 Å². The van der Waals surface area contributed by atoms with Crippen molar-refractivity contribution in [1.29, 1.82) is 5.26 Å². The third-order valence-corrected chi connectivity index (χ3v) is 3.05. The van der Waals surface area contributed by atoms with Crippen molar-refractivity contribution < 1.29 is 14.2 Å². The molecule has 0 aliphatic heterocycles. The zero-order valence-corrected chi connectivity index (χ0v) is 13.4. The number of rotatable bonds is 8. The molecule has 0 saturated carbocycles. The highest BCUT2D eigenvalue weighted by atomic mass is 16.5. The second-order valence-corrected chi connectivity index (χ2v) is 5.39. The molecule has 0 radical (unpaired) electrons. The molecule has 21 heavy (non-hydrogen) atoms. The standard InChI is InChI=1S/C16H24N2O3/c1-12(2)18-16(3,11-17)6-7-21-15-9-13(19-4)8-14(10-15)20-5/h8-10,12,18H,6-7H2,1-5H3. The van der Waals surface area contributed by atoms with Gasteiger partial charge in [-0.15, -0.1) is 0 Å². The van der Waals surface area contributed by atoms with Crippen LogP contribution in [-0.4, -0.2) is 32.4 Å². The summed E-state index contributed by atoms with van der Waals surface area (Å²) in [7, 11) is 3.19. The normalized spacial score (nSPS) is 13.4. The molecule has 0 aliphatic carbocycles. The number of nitriles is 1. The van der Waals surface area contributed by atoms with E-state index >= 15 is 0 Å². The summed E-state index contributed by atoms with van der Waals surface area (Å²) < 4.78 is 16.1. The fraction of sp³-hybridized carbons (Fsp3) is 0.562. The summed E-state index contributed by atoms with van der Waals surface area (Å²) in [5.41, 5.74) is -0.600. The van der Waals surface area contributed by atoms with Gasteiger partial charge in [0, 0.05) is 30.7 Å². The molecular formula is C16H24N2O3. The van der Waals surface area contributed by atoms with Gasteiger partial charge < -0.3 is 14.2 Å². The maximum Gasteiger partial charge on any atom is 0.126 e. The number of hydrogen-bond acceptors (Lipinski definition) is 5. The van der Waals surface area contributed by atoms with Gasteiger partial charge in [-0.05, 0) is 20.8 Å². The number of nitrogens with zero attached hydrogens (tertiary/aromatic N) is 1. The van der Waals surface area contributed by atoms with Crippen LogP contribution in [0, 0.1) is 11.3 Å². The van der Waals surface area contributed by atoms with Crippen molar-refractivity contribution in [3.05, 3.63) is 18.2 Å². The van der Waals surface area contributed by atoms with Crippen LogP contribution in [0.1, 0.15) is 27.2 Å². The molecule has 0 heterocycles. The lowest BCUT2D eigenvalue weighted by molar-refractivity contribution is 0.258. The van der Waals surface area contributed by atoms with Crippen LogP contribution in [0.3, 0.4) is 0 Å². The average molecular weight is 292 g/mol. The largest absolute Gasteiger partial charge is 0.496 e. The van der Waals surface area contributed by atoms with Crippen molar-refractivity contribution in [3.63, 3.8) is 0 Å². The van der Waals surface area contributed by atoms with E-state index in [0.717, 1.165) is 0 Å². The lowest BCUT2D eigenvalue weighted by atomic mass is 9.99. The highest BCUT2D eigenvalue weighted by molar-refractivity contribution is 5.42. The van der Waals surface area contributed by atoms with Crippen LogP contribution < -0.4 is 19.5 Å². The van der Waals surface area contributed by atoms with E-state index in [2.05, 4.69) is 11.4 Å². The SMILES string of the molecule is COc1cc(OC)cc(OCCC(C)(C#N)NC(C)C)c1. The highest BCUT2D eigenvalue weighted by Gasteiger charge is 2.24. The predicted molar refractivity (Wildman–Crippen MR) is 81.9 cm³/mol. The van der Waals surface area contributed by atoms with Gasteiger partial charge in [0.1, 0.15) is 22.8 Å². The maximum absolute atomic E-state index is 9.29. The Bertz CT molecular complexity index is 475. The molecule has 0 fully saturated rings. The lowest BCUT2D eigenvalue weighted by Gasteiger charge is -2.25. The zero-order valence-electron chi connectivity index (χ0n) is 13.4. The monoisotopic (exact) mass is 292 g/mol. The summed E-state index contributed by atoms with van der Waals surface area (Å²) in [5.74, 6) is 2.01. The van der Waals surface area contributed by atoms with Crippen LogP contribution in [-0.2, 0) is 0 Å². The molecule has 0 aliphatic rings. The van der Waals surface area contributed by atoms with Crippen molar-refractivity contribution in [3.8, 4) is 23.3 Å². The topological polar surface area (TPSA) is 63.5 Å². The van der Waals surface area contributed by atoms with E-state index in [-0.39, 0.29) is 6.04 Å². The Morgan fingerprint density at radius 3 is 2.10 bits per heavy atom. The molecule has 1 aromatic rings. The summed E-state index contributed by atoms with van der Waals surface area (Å²) in [6, 6.07) is 7.91. The van der Waals surface area contributed by atoms with Crippen molar-refractivity contribution >= 4 is 0 Å². The molecule has 1 rings (SSSR count). The fourth-order valence-corrected chi connectivity index (χ4v) is 2.04. The van der Waals surface area contributed by atoms with Crippen molar-refractivity contribution in [2.45, 2.75) is 38.8 Å². The smallest absolute Gasteiger partial charge is 0.126 e. The fourth-order valence-electron chi connectivity index (χ4n) is 2.04. The first-order valence-electron chi connectivity index (χ1n) is 6.97. The summed E-state index contributed by atoms with van der Waals surface area (Å²) in [5, 5.41) is 12.5. The summed E-state index contributed by atoms with van der Waals surface area (Å²) in [6.07, 6.45) is 0.585. The van der Waals surface area contributed by atoms with E-state index in [4.69, 9.17) is 14.2 Å². The predicted octanol–water partition coefficient (Wildman–Crippen LogP) is 2.75. The molecule has 0 spiro atoms. The van der Waals surface area contributed by atoms with Gasteiger partial charge in [-0.1, -0.05) is 0 Å². The first kappa shape index (κ1) is 17.1. The van der Waals surface area contributed by atoms with Crippen LogP contribution in [0.5, 0.6) is 17.2 Å². The zero-order chi connectivity index (χ0) is 15.9. The number of hydrogen-bond donors (Lipinski definition) is 1. The van der Waals surface area contributed by atoms with E-state index in [1.54, 1.807) is 32.4 Å². The van der Waals surface area contributed by atoms with Crippen molar-refractivity contribution in [1.82, 2.24) is 5.32 Å². The molecule has 1 aromatic carbocycles. The minimum atomic E-state index is -0.600. The third-order valence-electron chi connectivity index (χ3n) is 3.05. The lowest BCUT2D eigenvalue weighted by Crippen LogP contribution is -2.45. The first-order chi connectivity index (χ1) is 9.92. The van der Waals surface area contributed by atoms with Crippen LogP contribution in [0.2, 0.25) is 0 Å². The Kier molecular flexibility index (Phi) is 6.32. The second-order valence-electron chi connectivity index (χ2n) is 5.39. The molecule has 116 valence electrons. The van der Waals surface area contributed by atoms with E-state index < -0.39 is 5.54 Å². The molecule has 5 nitrogen and oxygen atoms in total. The Labute approximate surface area is 126 Å². The van der Waals surface area contributed by atoms with Gasteiger partial charge in [0.25, 0.3) is 0 Å². The van der Waals surface area contributed by atoms with Crippen LogP contribution in [0.15, 0.2) is 18.2 Å². The van der Waals surface area contributed by atoms with Crippen LogP contribution >= 0.6 is 0 Å². The van der Waals surface area contributed by atoms with E-state index in [1.165, 1.54) is 0 Å². The number of ether oxygens (including phenoxy) is 3. The second kappa shape index (κ2) is 7.75. The summed E-state index contributed by atoms with van der Waals surface area (Å²) in [4.78, 5) is 0. The molecule has 5 heteroatoms. The summed E-state index contributed by atoms with van der Waals surface area (Å²) in [6.45, 7) is 6.34. The molecule has 1 unspecified atom stereocenters. The first-order valence-corrected chi connectivity index (χ1v) is 6.97. The van der Waals surface area contributed by atoms with Gasteiger partial charge in [0.2, 0.25) is 0 Å². The highest BCUT2D eigenvalue weighted by Crippen LogP contribution is 2.27. The van der Waals surface area contributed by atoms with Crippen LogP contribution in [0.25, 0.3) is 0 Å². The van der Waals surface area contributed by atoms with Gasteiger partial charge >= 0.3 is 0 Å². The molecule has 0 aromatic heterocycles. The van der Waals surface area contributed by atoms with Gasteiger partial charge in [0.05, 0.1) is 26.9 Å². The van der Waals surface area contributed by atoms with Gasteiger partial charge in [0.15, 0.2) is 0 Å². The molecule has 0 amide bonds. The Balaban J connectivity index is 2.65. The number of benzene rings is 1. The Hall–Kier alpha value is -1.93. The number of methoxy groups -OCH3 is 2. The average Bonchev–Trinajstić information content (AvgIpc) is 2.46. The van der Waals surface area contributed by atoms with Gasteiger partial charge in [-0.2, -0.15) is 5.26 Å². The molecular weight excluding hydrogens is 268 g/mol. The third kappa shape index (κ3) is 5.52. The maximum atomic E-state index is 9.29. The molecule has 1 N–H and O–H groups in total. The van der Waals surface area contributed by atoms with E-state index in [1.807, 2.05) is 20.8 Å². The molecule has 0 bridgehead atoms. The van der Waals surface area contributed by atoms with Crippen molar-refractivity contribution in [2.24, 2.45) is 0 Å². The van der Waals surface area contributed by atoms with Gasteiger partial charge in [-0.25, -0.2) is 0 Å².